The molecule has 0 spiro atoms. The fraction of sp³-hybridized carbons (Fsp3) is 0.154. The largest absolute Gasteiger partial charge is 0.381 e. The monoisotopic (exact) mass is 262 g/mol. The fourth-order valence-corrected chi connectivity index (χ4v) is 3.07. The molecule has 1 aromatic carbocycles. The second-order valence-electron chi connectivity index (χ2n) is 4.02. The molecule has 0 aliphatic rings. The Hall–Kier alpha value is -1.88. The van der Waals surface area contributed by atoms with Crippen molar-refractivity contribution in [1.82, 2.24) is 5.16 Å². The van der Waals surface area contributed by atoms with Crippen molar-refractivity contribution in [3.63, 3.8) is 0 Å². The maximum atomic E-state index is 13.1. The highest BCUT2D eigenvalue weighted by Crippen LogP contribution is 2.37. The van der Waals surface area contributed by atoms with Gasteiger partial charge in [0, 0.05) is 10.3 Å². The first-order chi connectivity index (χ1) is 8.69. The molecule has 5 heteroatoms. The fourth-order valence-electron chi connectivity index (χ4n) is 1.97. The molecular formula is C13H11FN2OS. The van der Waals surface area contributed by atoms with Crippen molar-refractivity contribution in [2.75, 3.05) is 5.73 Å². The first-order valence-corrected chi connectivity index (χ1v) is 6.44. The molecule has 3 rings (SSSR count). The second-order valence-corrected chi connectivity index (χ2v) is 5.11. The van der Waals surface area contributed by atoms with Gasteiger partial charge >= 0.3 is 0 Å². The molecule has 0 fully saturated rings. The number of aromatic nitrogens is 1. The van der Waals surface area contributed by atoms with Gasteiger partial charge in [-0.1, -0.05) is 18.1 Å². The van der Waals surface area contributed by atoms with Crippen LogP contribution in [0.4, 0.5) is 10.2 Å². The molecule has 0 aliphatic heterocycles. The molecule has 0 unspecified atom stereocenters. The zero-order valence-electron chi connectivity index (χ0n) is 9.74. The third-order valence-corrected chi connectivity index (χ3v) is 3.97. The van der Waals surface area contributed by atoms with E-state index >= 15 is 0 Å². The lowest BCUT2D eigenvalue weighted by Gasteiger charge is -1.94. The Morgan fingerprint density at radius 1 is 1.39 bits per heavy atom. The van der Waals surface area contributed by atoms with Crippen LogP contribution in [0.3, 0.4) is 0 Å². The van der Waals surface area contributed by atoms with E-state index in [1.54, 1.807) is 6.07 Å². The van der Waals surface area contributed by atoms with Crippen LogP contribution in [-0.4, -0.2) is 5.16 Å². The number of nitrogens with two attached hydrogens (primary N) is 1. The Bertz CT molecular complexity index is 717. The molecular weight excluding hydrogens is 251 g/mol. The Morgan fingerprint density at radius 3 is 3.00 bits per heavy atom. The lowest BCUT2D eigenvalue weighted by molar-refractivity contribution is 0.436. The summed E-state index contributed by atoms with van der Waals surface area (Å²) in [5, 5.41) is 4.78. The number of nitrogens with zero attached hydrogens (tertiary/aromatic N) is 1. The Balaban J connectivity index is 2.19. The van der Waals surface area contributed by atoms with E-state index in [-0.39, 0.29) is 5.82 Å². The lowest BCUT2D eigenvalue weighted by atomic mass is 10.1. The third kappa shape index (κ3) is 1.67. The van der Waals surface area contributed by atoms with Crippen molar-refractivity contribution in [2.24, 2.45) is 0 Å². The maximum absolute atomic E-state index is 13.1. The highest BCUT2D eigenvalue weighted by molar-refractivity contribution is 7.22. The summed E-state index contributed by atoms with van der Waals surface area (Å²) >= 11 is 1.48. The van der Waals surface area contributed by atoms with Crippen molar-refractivity contribution in [2.45, 2.75) is 13.3 Å². The summed E-state index contributed by atoms with van der Waals surface area (Å²) in [4.78, 5) is 0.927. The van der Waals surface area contributed by atoms with Gasteiger partial charge in [0.25, 0.3) is 0 Å². The molecule has 18 heavy (non-hydrogen) atoms. The minimum atomic E-state index is -0.233. The number of hydrogen-bond acceptors (Lipinski definition) is 4. The first kappa shape index (κ1) is 11.2. The molecule has 0 atom stereocenters. The zero-order valence-corrected chi connectivity index (χ0v) is 10.6. The van der Waals surface area contributed by atoms with Crippen LogP contribution in [0.2, 0.25) is 0 Å². The van der Waals surface area contributed by atoms with Crippen molar-refractivity contribution < 1.29 is 8.91 Å². The predicted octanol–water partition coefficient (Wildman–Crippen LogP) is 3.84. The third-order valence-electron chi connectivity index (χ3n) is 2.88. The van der Waals surface area contributed by atoms with Crippen LogP contribution in [0.15, 0.2) is 28.8 Å². The smallest absolute Gasteiger partial charge is 0.182 e. The van der Waals surface area contributed by atoms with E-state index in [1.165, 1.54) is 23.5 Å². The molecule has 2 N–H and O–H groups in total. The van der Waals surface area contributed by atoms with Crippen LogP contribution in [0.1, 0.15) is 12.5 Å². The lowest BCUT2D eigenvalue weighted by Crippen LogP contribution is -1.90. The molecule has 2 heterocycles. The predicted molar refractivity (Wildman–Crippen MR) is 71.1 cm³/mol. The van der Waals surface area contributed by atoms with Crippen LogP contribution in [0.5, 0.6) is 0 Å². The van der Waals surface area contributed by atoms with Crippen molar-refractivity contribution >= 4 is 27.2 Å². The molecule has 0 aliphatic carbocycles. The van der Waals surface area contributed by atoms with Gasteiger partial charge in [0.15, 0.2) is 11.6 Å². The highest BCUT2D eigenvalue weighted by Gasteiger charge is 2.16. The molecule has 92 valence electrons. The standard InChI is InChI=1S/C13H11FN2OS/c1-2-9-12(17-16-13(9)15)11-5-7-3-4-8(14)6-10(7)18-11/h3-6H,2H2,1H3,(H2,15,16). The summed E-state index contributed by atoms with van der Waals surface area (Å²) < 4.78 is 19.3. The summed E-state index contributed by atoms with van der Waals surface area (Å²) in [5.41, 5.74) is 6.65. The topological polar surface area (TPSA) is 52.0 Å². The van der Waals surface area contributed by atoms with E-state index in [1.807, 2.05) is 13.0 Å². The quantitative estimate of drug-likeness (QED) is 0.763. The van der Waals surface area contributed by atoms with E-state index < -0.39 is 0 Å². The molecule has 3 aromatic rings. The van der Waals surface area contributed by atoms with Crippen molar-refractivity contribution in [3.05, 3.63) is 35.6 Å². The molecule has 0 saturated heterocycles. The first-order valence-electron chi connectivity index (χ1n) is 5.62. The van der Waals surface area contributed by atoms with Gasteiger partial charge in [-0.15, -0.1) is 11.3 Å². The SMILES string of the molecule is CCc1c(N)noc1-c1cc2ccc(F)cc2s1. The number of rotatable bonds is 2. The van der Waals surface area contributed by atoms with Crippen molar-refractivity contribution in [1.29, 1.82) is 0 Å². The van der Waals surface area contributed by atoms with Crippen LogP contribution < -0.4 is 5.73 Å². The van der Waals surface area contributed by atoms with Crippen LogP contribution in [0, 0.1) is 5.82 Å². The van der Waals surface area contributed by atoms with Gasteiger partial charge in [-0.05, 0) is 30.0 Å². The number of nitrogen functional groups attached to an aromatic ring is 1. The highest BCUT2D eigenvalue weighted by atomic mass is 32.1. The summed E-state index contributed by atoms with van der Waals surface area (Å²) in [6.07, 6.45) is 0.757. The molecule has 0 bridgehead atoms. The van der Waals surface area contributed by atoms with Gasteiger partial charge in [-0.3, -0.25) is 0 Å². The maximum Gasteiger partial charge on any atom is 0.182 e. The van der Waals surface area contributed by atoms with Gasteiger partial charge in [-0.25, -0.2) is 4.39 Å². The van der Waals surface area contributed by atoms with Gasteiger partial charge in [0.1, 0.15) is 5.82 Å². The minimum Gasteiger partial charge on any atom is -0.381 e. The average Bonchev–Trinajstić information content (AvgIpc) is 2.91. The number of hydrogen-bond donors (Lipinski definition) is 1. The zero-order chi connectivity index (χ0) is 12.7. The van der Waals surface area contributed by atoms with E-state index in [2.05, 4.69) is 5.16 Å². The summed E-state index contributed by atoms with van der Waals surface area (Å²) in [5.74, 6) is 0.886. The normalized spacial score (nSPS) is 11.2. The minimum absolute atomic E-state index is 0.233. The Labute approximate surface area is 107 Å². The molecule has 0 amide bonds. The summed E-state index contributed by atoms with van der Waals surface area (Å²) in [6, 6.07) is 6.71. The van der Waals surface area contributed by atoms with Crippen molar-refractivity contribution in [3.8, 4) is 10.6 Å². The number of benzene rings is 1. The average molecular weight is 262 g/mol. The van der Waals surface area contributed by atoms with E-state index in [4.69, 9.17) is 10.3 Å². The van der Waals surface area contributed by atoms with Gasteiger partial charge in [0.05, 0.1) is 4.88 Å². The van der Waals surface area contributed by atoms with E-state index in [0.717, 1.165) is 26.9 Å². The Morgan fingerprint density at radius 2 is 2.22 bits per heavy atom. The molecule has 2 aromatic heterocycles. The van der Waals surface area contributed by atoms with Crippen LogP contribution in [-0.2, 0) is 6.42 Å². The van der Waals surface area contributed by atoms with Gasteiger partial charge < -0.3 is 10.3 Å². The van der Waals surface area contributed by atoms with E-state index in [0.29, 0.717) is 11.6 Å². The summed E-state index contributed by atoms with van der Waals surface area (Å²) in [7, 11) is 0. The van der Waals surface area contributed by atoms with Gasteiger partial charge in [-0.2, -0.15) is 0 Å². The molecule has 3 nitrogen and oxygen atoms in total. The number of fused-ring (bicyclic) bond motifs is 1. The van der Waals surface area contributed by atoms with Crippen LogP contribution >= 0.6 is 11.3 Å². The molecule has 0 saturated carbocycles. The van der Waals surface area contributed by atoms with Gasteiger partial charge in [0.2, 0.25) is 0 Å². The Kier molecular flexibility index (Phi) is 2.56. The molecule has 0 radical (unpaired) electrons. The summed E-state index contributed by atoms with van der Waals surface area (Å²) in [6.45, 7) is 2.00. The number of thiophene rings is 1. The number of anilines is 1. The number of halogens is 1. The van der Waals surface area contributed by atoms with Crippen LogP contribution in [0.25, 0.3) is 20.7 Å². The van der Waals surface area contributed by atoms with E-state index in [9.17, 15) is 4.39 Å². The second kappa shape index (κ2) is 4.10.